The highest BCUT2D eigenvalue weighted by molar-refractivity contribution is 5.92. The topological polar surface area (TPSA) is 75.4 Å². The number of aryl methyl sites for hydroxylation is 1. The van der Waals surface area contributed by atoms with E-state index in [1.54, 1.807) is 0 Å². The molecule has 1 unspecified atom stereocenters. The highest BCUT2D eigenvalue weighted by Gasteiger charge is 2.12. The molecule has 1 aromatic carbocycles. The molecule has 0 spiro atoms. The molecule has 4 nitrogen and oxygen atoms in total. The van der Waals surface area contributed by atoms with E-state index in [2.05, 4.69) is 5.32 Å². The van der Waals surface area contributed by atoms with Crippen LogP contribution in [0.3, 0.4) is 0 Å². The molecule has 1 rings (SSSR count). The van der Waals surface area contributed by atoms with Crippen LogP contribution in [-0.2, 0) is 11.2 Å². The van der Waals surface area contributed by atoms with E-state index in [4.69, 9.17) is 10.8 Å². The molecule has 0 bridgehead atoms. The number of rotatable bonds is 8. The molecule has 0 fully saturated rings. The van der Waals surface area contributed by atoms with E-state index in [1.807, 2.05) is 31.2 Å². The summed E-state index contributed by atoms with van der Waals surface area (Å²) in [5.74, 6) is 0.0115. The molecule has 0 heterocycles. The van der Waals surface area contributed by atoms with Crippen LogP contribution in [0, 0.1) is 5.92 Å². The van der Waals surface area contributed by atoms with Crippen LogP contribution in [0.2, 0.25) is 0 Å². The number of nitrogens with two attached hydrogens (primary N) is 1. The van der Waals surface area contributed by atoms with E-state index >= 15 is 0 Å². The van der Waals surface area contributed by atoms with Crippen LogP contribution in [0.1, 0.15) is 31.7 Å². The first-order valence-electron chi connectivity index (χ1n) is 6.88. The summed E-state index contributed by atoms with van der Waals surface area (Å²) < 4.78 is 0. The zero-order chi connectivity index (χ0) is 14.1. The molecular weight excluding hydrogens is 240 g/mol. The van der Waals surface area contributed by atoms with Gasteiger partial charge in [-0.25, -0.2) is 0 Å². The molecule has 0 radical (unpaired) electrons. The van der Waals surface area contributed by atoms with E-state index in [1.165, 1.54) is 0 Å². The second-order valence-electron chi connectivity index (χ2n) is 4.85. The number of nitrogens with one attached hydrogen (secondary N) is 1. The van der Waals surface area contributed by atoms with Crippen LogP contribution >= 0.6 is 0 Å². The average Bonchev–Trinajstić information content (AvgIpc) is 2.42. The Hall–Kier alpha value is -1.39. The van der Waals surface area contributed by atoms with Crippen molar-refractivity contribution in [1.29, 1.82) is 0 Å². The first-order valence-corrected chi connectivity index (χ1v) is 6.88. The summed E-state index contributed by atoms with van der Waals surface area (Å²) in [6, 6.07) is 7.77. The first kappa shape index (κ1) is 15.7. The SMILES string of the molecule is CC(CCCN)C(=O)Nc1cccc(CCCO)c1. The van der Waals surface area contributed by atoms with Crippen LogP contribution in [0.25, 0.3) is 0 Å². The number of carbonyl (C=O) groups excluding carboxylic acids is 1. The minimum atomic E-state index is -0.0235. The minimum Gasteiger partial charge on any atom is -0.396 e. The molecule has 0 saturated carbocycles. The standard InChI is InChI=1S/C15H24N2O2/c1-12(5-3-9-16)15(19)17-14-8-2-6-13(11-14)7-4-10-18/h2,6,8,11-12,18H,3-5,7,9-10,16H2,1H3,(H,17,19). The fraction of sp³-hybridized carbons (Fsp3) is 0.533. The Kier molecular flexibility index (Phi) is 7.15. The van der Waals surface area contributed by atoms with Gasteiger partial charge in [0.2, 0.25) is 5.91 Å². The van der Waals surface area contributed by atoms with Gasteiger partial charge < -0.3 is 16.2 Å². The molecular formula is C15H24N2O2. The number of hydrogen-bond donors (Lipinski definition) is 3. The van der Waals surface area contributed by atoms with Crippen molar-refractivity contribution in [1.82, 2.24) is 0 Å². The van der Waals surface area contributed by atoms with Crippen LogP contribution in [0.4, 0.5) is 5.69 Å². The quantitative estimate of drug-likeness (QED) is 0.671. The van der Waals surface area contributed by atoms with Gasteiger partial charge in [-0.3, -0.25) is 4.79 Å². The van der Waals surface area contributed by atoms with Gasteiger partial charge in [0.15, 0.2) is 0 Å². The molecule has 0 aliphatic rings. The molecule has 1 atom stereocenters. The van der Waals surface area contributed by atoms with Crippen molar-refractivity contribution in [3.8, 4) is 0 Å². The zero-order valence-electron chi connectivity index (χ0n) is 11.6. The summed E-state index contributed by atoms with van der Waals surface area (Å²) in [7, 11) is 0. The van der Waals surface area contributed by atoms with E-state index in [-0.39, 0.29) is 18.4 Å². The van der Waals surface area contributed by atoms with Crippen molar-refractivity contribution in [3.05, 3.63) is 29.8 Å². The van der Waals surface area contributed by atoms with Crippen molar-refractivity contribution in [2.24, 2.45) is 11.7 Å². The van der Waals surface area contributed by atoms with E-state index < -0.39 is 0 Å². The summed E-state index contributed by atoms with van der Waals surface area (Å²) in [5.41, 5.74) is 7.39. The van der Waals surface area contributed by atoms with Crippen molar-refractivity contribution in [3.63, 3.8) is 0 Å². The number of benzene rings is 1. The van der Waals surface area contributed by atoms with Gasteiger partial charge in [0.05, 0.1) is 0 Å². The Morgan fingerprint density at radius 2 is 2.21 bits per heavy atom. The van der Waals surface area contributed by atoms with Crippen molar-refractivity contribution in [2.75, 3.05) is 18.5 Å². The van der Waals surface area contributed by atoms with Gasteiger partial charge in [0.1, 0.15) is 0 Å². The predicted octanol–water partition coefficient (Wildman–Crippen LogP) is 1.93. The Labute approximate surface area is 115 Å². The fourth-order valence-electron chi connectivity index (χ4n) is 1.91. The van der Waals surface area contributed by atoms with Crippen LogP contribution in [0.15, 0.2) is 24.3 Å². The number of anilines is 1. The molecule has 0 aliphatic carbocycles. The lowest BCUT2D eigenvalue weighted by molar-refractivity contribution is -0.119. The Morgan fingerprint density at radius 3 is 2.89 bits per heavy atom. The lowest BCUT2D eigenvalue weighted by Gasteiger charge is -2.12. The van der Waals surface area contributed by atoms with Crippen molar-refractivity contribution in [2.45, 2.75) is 32.6 Å². The largest absolute Gasteiger partial charge is 0.396 e. The molecule has 106 valence electrons. The van der Waals surface area contributed by atoms with Gasteiger partial charge in [0.25, 0.3) is 0 Å². The van der Waals surface area contributed by atoms with Crippen molar-refractivity contribution >= 4 is 11.6 Å². The van der Waals surface area contributed by atoms with Crippen molar-refractivity contribution < 1.29 is 9.90 Å². The normalized spacial score (nSPS) is 12.2. The van der Waals surface area contributed by atoms with Gasteiger partial charge in [-0.2, -0.15) is 0 Å². The third-order valence-corrected chi connectivity index (χ3v) is 3.11. The number of hydrogen-bond acceptors (Lipinski definition) is 3. The average molecular weight is 264 g/mol. The molecule has 0 aromatic heterocycles. The summed E-state index contributed by atoms with van der Waals surface area (Å²) in [5, 5.41) is 11.7. The van der Waals surface area contributed by atoms with Gasteiger partial charge in [-0.15, -0.1) is 0 Å². The molecule has 0 saturated heterocycles. The van der Waals surface area contributed by atoms with Crippen LogP contribution in [-0.4, -0.2) is 24.2 Å². The summed E-state index contributed by atoms with van der Waals surface area (Å²) in [6.45, 7) is 2.72. The zero-order valence-corrected chi connectivity index (χ0v) is 11.6. The van der Waals surface area contributed by atoms with E-state index in [0.717, 1.165) is 36.9 Å². The predicted molar refractivity (Wildman–Crippen MR) is 77.9 cm³/mol. The maximum atomic E-state index is 12.0. The molecule has 19 heavy (non-hydrogen) atoms. The van der Waals surface area contributed by atoms with Gasteiger partial charge in [0, 0.05) is 18.2 Å². The van der Waals surface area contributed by atoms with Crippen LogP contribution < -0.4 is 11.1 Å². The summed E-state index contributed by atoms with van der Waals surface area (Å²) in [4.78, 5) is 12.0. The number of aliphatic hydroxyl groups is 1. The Bertz CT molecular complexity index is 393. The summed E-state index contributed by atoms with van der Waals surface area (Å²) >= 11 is 0. The third kappa shape index (κ3) is 5.85. The van der Waals surface area contributed by atoms with Gasteiger partial charge in [-0.1, -0.05) is 19.1 Å². The molecule has 4 N–H and O–H groups in total. The van der Waals surface area contributed by atoms with Crippen LogP contribution in [0.5, 0.6) is 0 Å². The molecule has 1 amide bonds. The van der Waals surface area contributed by atoms with Gasteiger partial charge in [-0.05, 0) is 49.9 Å². The molecule has 0 aliphatic heterocycles. The lowest BCUT2D eigenvalue weighted by atomic mass is 10.0. The second-order valence-corrected chi connectivity index (χ2v) is 4.85. The second kappa shape index (κ2) is 8.67. The lowest BCUT2D eigenvalue weighted by Crippen LogP contribution is -2.21. The smallest absolute Gasteiger partial charge is 0.227 e. The highest BCUT2D eigenvalue weighted by Crippen LogP contribution is 2.14. The molecule has 4 heteroatoms. The highest BCUT2D eigenvalue weighted by atomic mass is 16.2. The maximum Gasteiger partial charge on any atom is 0.227 e. The van der Waals surface area contributed by atoms with E-state index in [0.29, 0.717) is 6.54 Å². The number of aliphatic hydroxyl groups excluding tert-OH is 1. The van der Waals surface area contributed by atoms with Gasteiger partial charge >= 0.3 is 0 Å². The third-order valence-electron chi connectivity index (χ3n) is 3.11. The maximum absolute atomic E-state index is 12.0. The number of carbonyl (C=O) groups is 1. The fourth-order valence-corrected chi connectivity index (χ4v) is 1.91. The molecule has 1 aromatic rings. The Morgan fingerprint density at radius 1 is 1.42 bits per heavy atom. The first-order chi connectivity index (χ1) is 9.17. The Balaban J connectivity index is 2.53. The summed E-state index contributed by atoms with van der Waals surface area (Å²) in [6.07, 6.45) is 3.24. The number of amides is 1. The van der Waals surface area contributed by atoms with E-state index in [9.17, 15) is 4.79 Å². The monoisotopic (exact) mass is 264 g/mol. The minimum absolute atomic E-state index is 0.0235.